The van der Waals surface area contributed by atoms with Gasteiger partial charge in [0.25, 0.3) is 0 Å². The summed E-state index contributed by atoms with van der Waals surface area (Å²) in [6.07, 6.45) is 2.98. The number of aliphatic hydroxyl groups is 1. The molecular formula is C15H23NO3. The molecule has 4 heteroatoms. The van der Waals surface area contributed by atoms with Crippen LogP contribution >= 0.6 is 0 Å². The van der Waals surface area contributed by atoms with Gasteiger partial charge in [-0.2, -0.15) is 0 Å². The lowest BCUT2D eigenvalue weighted by molar-refractivity contribution is -0.122. The van der Waals surface area contributed by atoms with E-state index >= 15 is 0 Å². The first-order chi connectivity index (χ1) is 9.13. The van der Waals surface area contributed by atoms with Crippen LogP contribution in [0.4, 0.5) is 0 Å². The summed E-state index contributed by atoms with van der Waals surface area (Å²) in [4.78, 5) is 11.7. The van der Waals surface area contributed by atoms with Gasteiger partial charge in [-0.3, -0.25) is 4.79 Å². The molecule has 1 aliphatic rings. The van der Waals surface area contributed by atoms with Crippen LogP contribution in [0, 0.1) is 5.92 Å². The van der Waals surface area contributed by atoms with Crippen molar-refractivity contribution in [1.29, 1.82) is 0 Å². The van der Waals surface area contributed by atoms with E-state index in [1.54, 1.807) is 0 Å². The smallest absolute Gasteiger partial charge is 0.220 e. The van der Waals surface area contributed by atoms with Crippen LogP contribution in [0.25, 0.3) is 0 Å². The summed E-state index contributed by atoms with van der Waals surface area (Å²) in [5, 5.41) is 11.8. The minimum Gasteiger partial charge on any atom is -0.466 e. The second-order valence-corrected chi connectivity index (χ2v) is 5.48. The van der Waals surface area contributed by atoms with Gasteiger partial charge in [0.05, 0.1) is 12.6 Å². The lowest BCUT2D eigenvalue weighted by Gasteiger charge is -2.13. The van der Waals surface area contributed by atoms with Crippen LogP contribution < -0.4 is 5.32 Å². The molecule has 1 amide bonds. The van der Waals surface area contributed by atoms with Gasteiger partial charge in [-0.15, -0.1) is 0 Å². The maximum Gasteiger partial charge on any atom is 0.220 e. The first-order valence-electron chi connectivity index (χ1n) is 7.12. The number of rotatable bonds is 7. The normalized spacial score (nSPS) is 23.1. The van der Waals surface area contributed by atoms with Crippen molar-refractivity contribution in [3.63, 3.8) is 0 Å². The Morgan fingerprint density at radius 3 is 2.89 bits per heavy atom. The summed E-state index contributed by atoms with van der Waals surface area (Å²) in [7, 11) is 0. The predicted molar refractivity (Wildman–Crippen MR) is 72.9 cm³/mol. The van der Waals surface area contributed by atoms with Gasteiger partial charge < -0.3 is 14.8 Å². The molecule has 106 valence electrons. The van der Waals surface area contributed by atoms with Crippen molar-refractivity contribution in [3.05, 3.63) is 23.7 Å². The Morgan fingerprint density at radius 2 is 2.32 bits per heavy atom. The molecule has 1 aromatic rings. The minimum absolute atomic E-state index is 0.00723. The highest BCUT2D eigenvalue weighted by Crippen LogP contribution is 2.47. The fraction of sp³-hybridized carbons (Fsp3) is 0.667. The van der Waals surface area contributed by atoms with E-state index in [1.165, 1.54) is 6.42 Å². The van der Waals surface area contributed by atoms with E-state index in [9.17, 15) is 4.79 Å². The number of aliphatic hydroxyl groups excluding tert-OH is 1. The third-order valence-corrected chi connectivity index (χ3v) is 3.83. The highest BCUT2D eigenvalue weighted by molar-refractivity contribution is 5.76. The average Bonchev–Trinajstić information content (AvgIpc) is 2.96. The Kier molecular flexibility index (Phi) is 4.64. The minimum atomic E-state index is -0.132. The summed E-state index contributed by atoms with van der Waals surface area (Å²) in [6, 6.07) is 3.87. The summed E-state index contributed by atoms with van der Waals surface area (Å²) < 4.78 is 5.76. The summed E-state index contributed by atoms with van der Waals surface area (Å²) >= 11 is 0. The van der Waals surface area contributed by atoms with Crippen molar-refractivity contribution in [2.24, 2.45) is 5.92 Å². The summed E-state index contributed by atoms with van der Waals surface area (Å²) in [5.74, 6) is 3.23. The van der Waals surface area contributed by atoms with E-state index in [1.807, 2.05) is 19.1 Å². The number of carbonyl (C=O) groups excluding carboxylic acids is 1. The lowest BCUT2D eigenvalue weighted by atomic mass is 10.2. The fourth-order valence-electron chi connectivity index (χ4n) is 2.26. The van der Waals surface area contributed by atoms with Crippen LogP contribution in [0.2, 0.25) is 0 Å². The molecule has 0 radical (unpaired) electrons. The Bertz CT molecular complexity index is 423. The first-order valence-corrected chi connectivity index (χ1v) is 7.12. The summed E-state index contributed by atoms with van der Waals surface area (Å²) in [5.41, 5.74) is 0. The van der Waals surface area contributed by atoms with Crippen LogP contribution in [-0.4, -0.2) is 23.7 Å². The molecule has 0 aromatic carbocycles. The van der Waals surface area contributed by atoms with Crippen molar-refractivity contribution >= 4 is 5.91 Å². The van der Waals surface area contributed by atoms with Crippen LogP contribution in [0.5, 0.6) is 0 Å². The molecule has 0 aliphatic heterocycles. The van der Waals surface area contributed by atoms with Gasteiger partial charge in [0.1, 0.15) is 11.5 Å². The molecule has 4 nitrogen and oxygen atoms in total. The monoisotopic (exact) mass is 265 g/mol. The fourth-order valence-corrected chi connectivity index (χ4v) is 2.26. The topological polar surface area (TPSA) is 62.5 Å². The van der Waals surface area contributed by atoms with Crippen LogP contribution in [0.15, 0.2) is 16.5 Å². The van der Waals surface area contributed by atoms with Gasteiger partial charge in [-0.1, -0.05) is 13.8 Å². The summed E-state index contributed by atoms with van der Waals surface area (Å²) in [6.45, 7) is 4.16. The van der Waals surface area contributed by atoms with Crippen molar-refractivity contribution in [1.82, 2.24) is 5.32 Å². The number of furan rings is 1. The van der Waals surface area contributed by atoms with Crippen molar-refractivity contribution in [2.75, 3.05) is 6.61 Å². The maximum absolute atomic E-state index is 11.7. The molecule has 2 unspecified atom stereocenters. The largest absolute Gasteiger partial charge is 0.466 e. The number of amides is 1. The molecule has 0 spiro atoms. The van der Waals surface area contributed by atoms with Crippen LogP contribution in [0.3, 0.4) is 0 Å². The number of aryl methyl sites for hydroxylation is 1. The molecule has 2 rings (SSSR count). The number of nitrogens with one attached hydrogen (secondary N) is 1. The molecule has 1 fully saturated rings. The van der Waals surface area contributed by atoms with Crippen LogP contribution in [0.1, 0.15) is 50.5 Å². The third kappa shape index (κ3) is 3.83. The average molecular weight is 265 g/mol. The number of carbonyl (C=O) groups is 1. The van der Waals surface area contributed by atoms with Gasteiger partial charge in [0, 0.05) is 18.8 Å². The zero-order valence-corrected chi connectivity index (χ0v) is 11.7. The van der Waals surface area contributed by atoms with E-state index in [4.69, 9.17) is 9.52 Å². The van der Waals surface area contributed by atoms with E-state index in [0.717, 1.165) is 23.9 Å². The van der Waals surface area contributed by atoms with Crippen molar-refractivity contribution in [2.45, 2.75) is 51.5 Å². The standard InChI is InChI=1S/C15H23NO3/c1-3-11(9-17)16-15(18)7-5-12-4-6-14(19-12)13-8-10(13)2/h4,6,10-11,13,17H,3,5,7-9H2,1-2H3,(H,16,18)/t10?,11-,13?/m1/s1. The Morgan fingerprint density at radius 1 is 1.58 bits per heavy atom. The Hall–Kier alpha value is -1.29. The second-order valence-electron chi connectivity index (χ2n) is 5.48. The molecule has 1 aliphatic carbocycles. The molecule has 1 saturated carbocycles. The van der Waals surface area contributed by atoms with Gasteiger partial charge in [0.2, 0.25) is 5.91 Å². The van der Waals surface area contributed by atoms with Crippen molar-refractivity contribution in [3.8, 4) is 0 Å². The number of hydrogen-bond donors (Lipinski definition) is 2. The SMILES string of the molecule is CC[C@H](CO)NC(=O)CCc1ccc(C2CC2C)o1. The van der Waals surface area contributed by atoms with Gasteiger partial charge in [0.15, 0.2) is 0 Å². The zero-order valence-electron chi connectivity index (χ0n) is 11.7. The van der Waals surface area contributed by atoms with Gasteiger partial charge in [-0.05, 0) is 30.9 Å². The Labute approximate surface area is 114 Å². The van der Waals surface area contributed by atoms with E-state index in [0.29, 0.717) is 18.8 Å². The highest BCUT2D eigenvalue weighted by atomic mass is 16.3. The molecule has 0 bridgehead atoms. The number of hydrogen-bond acceptors (Lipinski definition) is 3. The molecule has 1 aromatic heterocycles. The highest BCUT2D eigenvalue weighted by Gasteiger charge is 2.36. The maximum atomic E-state index is 11.7. The molecule has 19 heavy (non-hydrogen) atoms. The second kappa shape index (κ2) is 6.24. The van der Waals surface area contributed by atoms with E-state index < -0.39 is 0 Å². The quantitative estimate of drug-likeness (QED) is 0.794. The Balaban J connectivity index is 1.75. The lowest BCUT2D eigenvalue weighted by Crippen LogP contribution is -2.36. The van der Waals surface area contributed by atoms with Gasteiger partial charge >= 0.3 is 0 Å². The first kappa shape index (κ1) is 14.1. The third-order valence-electron chi connectivity index (χ3n) is 3.83. The molecule has 0 saturated heterocycles. The molecular weight excluding hydrogens is 242 g/mol. The van der Waals surface area contributed by atoms with Gasteiger partial charge in [-0.25, -0.2) is 0 Å². The predicted octanol–water partition coefficient (Wildman–Crippen LogP) is 2.22. The molecule has 2 N–H and O–H groups in total. The van der Waals surface area contributed by atoms with E-state index in [2.05, 4.69) is 12.2 Å². The zero-order chi connectivity index (χ0) is 13.8. The van der Waals surface area contributed by atoms with Crippen LogP contribution in [-0.2, 0) is 11.2 Å². The van der Waals surface area contributed by atoms with E-state index in [-0.39, 0.29) is 18.6 Å². The van der Waals surface area contributed by atoms with Crippen molar-refractivity contribution < 1.29 is 14.3 Å². The molecule has 3 atom stereocenters. The molecule has 1 heterocycles.